The fourth-order valence-corrected chi connectivity index (χ4v) is 2.22. The van der Waals surface area contributed by atoms with Crippen LogP contribution in [0.3, 0.4) is 0 Å². The largest absolute Gasteiger partial charge is 0.491 e. The second kappa shape index (κ2) is 9.12. The van der Waals surface area contributed by atoms with Crippen LogP contribution in [0.5, 0.6) is 5.75 Å². The minimum absolute atomic E-state index is 0.0929. The van der Waals surface area contributed by atoms with Gasteiger partial charge in [0.25, 0.3) is 0 Å². The molecule has 0 fully saturated rings. The number of hydrogen-bond acceptors (Lipinski definition) is 3. The summed E-state index contributed by atoms with van der Waals surface area (Å²) in [7, 11) is 0. The quantitative estimate of drug-likeness (QED) is 0.651. The highest BCUT2D eigenvalue weighted by Gasteiger charge is 2.30. The summed E-state index contributed by atoms with van der Waals surface area (Å²) in [6.07, 6.45) is -2.52. The number of para-hydroxylation sites is 2. The molecule has 0 aromatic heterocycles. The number of rotatable bonds is 8. The minimum Gasteiger partial charge on any atom is -0.491 e. The van der Waals surface area contributed by atoms with Crippen LogP contribution < -0.4 is 15.4 Å². The SMILES string of the molecule is CCCCOc1ccccc1NCC(=O)Nc1cccc(C(F)(F)F)c1. The normalized spacial score (nSPS) is 11.1. The van der Waals surface area contributed by atoms with Gasteiger partial charge in [-0.25, -0.2) is 0 Å². The number of nitrogens with one attached hydrogen (secondary N) is 2. The number of carbonyl (C=O) groups is 1. The van der Waals surface area contributed by atoms with Crippen molar-refractivity contribution in [1.82, 2.24) is 0 Å². The molecule has 0 radical (unpaired) electrons. The van der Waals surface area contributed by atoms with E-state index in [2.05, 4.69) is 17.6 Å². The van der Waals surface area contributed by atoms with E-state index in [1.165, 1.54) is 12.1 Å². The van der Waals surface area contributed by atoms with E-state index in [0.29, 0.717) is 18.0 Å². The molecule has 2 aromatic carbocycles. The molecule has 0 heterocycles. The summed E-state index contributed by atoms with van der Waals surface area (Å²) < 4.78 is 43.8. The van der Waals surface area contributed by atoms with Crippen LogP contribution >= 0.6 is 0 Å². The Morgan fingerprint density at radius 2 is 1.88 bits per heavy atom. The van der Waals surface area contributed by atoms with Gasteiger partial charge in [-0.2, -0.15) is 13.2 Å². The average Bonchev–Trinajstić information content (AvgIpc) is 2.60. The predicted octanol–water partition coefficient (Wildman–Crippen LogP) is 4.93. The van der Waals surface area contributed by atoms with Crippen molar-refractivity contribution in [2.75, 3.05) is 23.8 Å². The highest BCUT2D eigenvalue weighted by molar-refractivity contribution is 5.94. The summed E-state index contributed by atoms with van der Waals surface area (Å²) in [5.41, 5.74) is -0.0557. The zero-order valence-electron chi connectivity index (χ0n) is 14.4. The summed E-state index contributed by atoms with van der Waals surface area (Å²) in [5.74, 6) is 0.181. The number of ether oxygens (including phenoxy) is 1. The van der Waals surface area contributed by atoms with Gasteiger partial charge < -0.3 is 15.4 Å². The van der Waals surface area contributed by atoms with Crippen molar-refractivity contribution in [3.05, 3.63) is 54.1 Å². The smallest absolute Gasteiger partial charge is 0.416 e. The molecule has 26 heavy (non-hydrogen) atoms. The third kappa shape index (κ3) is 5.98. The monoisotopic (exact) mass is 366 g/mol. The molecule has 1 amide bonds. The lowest BCUT2D eigenvalue weighted by Gasteiger charge is -2.13. The Balaban J connectivity index is 1.93. The zero-order chi connectivity index (χ0) is 19.0. The molecule has 0 unspecified atom stereocenters. The molecular weight excluding hydrogens is 345 g/mol. The maximum atomic E-state index is 12.7. The Morgan fingerprint density at radius 3 is 2.62 bits per heavy atom. The van der Waals surface area contributed by atoms with Crippen molar-refractivity contribution in [3.8, 4) is 5.75 Å². The number of halogens is 3. The van der Waals surface area contributed by atoms with Gasteiger partial charge in [0.2, 0.25) is 5.91 Å². The van der Waals surface area contributed by atoms with Gasteiger partial charge in [0.15, 0.2) is 0 Å². The molecule has 0 atom stereocenters. The lowest BCUT2D eigenvalue weighted by Crippen LogP contribution is -2.22. The predicted molar refractivity (Wildman–Crippen MR) is 95.4 cm³/mol. The molecule has 0 aliphatic carbocycles. The van der Waals surface area contributed by atoms with Crippen LogP contribution in [0.4, 0.5) is 24.5 Å². The van der Waals surface area contributed by atoms with E-state index in [0.717, 1.165) is 25.0 Å². The lowest BCUT2D eigenvalue weighted by atomic mass is 10.2. The van der Waals surface area contributed by atoms with Crippen molar-refractivity contribution < 1.29 is 22.7 Å². The number of unbranched alkanes of at least 4 members (excludes halogenated alkanes) is 1. The summed E-state index contributed by atoms with van der Waals surface area (Å²) in [6, 6.07) is 11.7. The van der Waals surface area contributed by atoms with Gasteiger partial charge in [-0.15, -0.1) is 0 Å². The van der Waals surface area contributed by atoms with Crippen molar-refractivity contribution in [1.29, 1.82) is 0 Å². The molecule has 2 N–H and O–H groups in total. The molecular formula is C19H21F3N2O2. The second-order valence-electron chi connectivity index (χ2n) is 5.68. The Hall–Kier alpha value is -2.70. The van der Waals surface area contributed by atoms with E-state index in [4.69, 9.17) is 4.74 Å². The molecule has 2 rings (SSSR count). The highest BCUT2D eigenvalue weighted by Crippen LogP contribution is 2.30. The Bertz CT molecular complexity index is 733. The standard InChI is InChI=1S/C19H21F3N2O2/c1-2-3-11-26-17-10-5-4-9-16(17)23-13-18(25)24-15-8-6-7-14(12-15)19(20,21)22/h4-10,12,23H,2-3,11,13H2,1H3,(H,24,25). The summed E-state index contributed by atoms with van der Waals surface area (Å²) >= 11 is 0. The first-order chi connectivity index (χ1) is 12.4. The third-order valence-corrected chi connectivity index (χ3v) is 3.56. The molecule has 0 bridgehead atoms. The van der Waals surface area contributed by atoms with E-state index < -0.39 is 17.6 Å². The van der Waals surface area contributed by atoms with Crippen LogP contribution in [0, 0.1) is 0 Å². The van der Waals surface area contributed by atoms with Gasteiger partial charge in [0, 0.05) is 5.69 Å². The molecule has 140 valence electrons. The summed E-state index contributed by atoms with van der Waals surface area (Å²) in [6.45, 7) is 2.54. The van der Waals surface area contributed by atoms with Gasteiger partial charge in [-0.05, 0) is 36.8 Å². The fraction of sp³-hybridized carbons (Fsp3) is 0.316. The second-order valence-corrected chi connectivity index (χ2v) is 5.68. The van der Waals surface area contributed by atoms with Crippen LogP contribution in [0.25, 0.3) is 0 Å². The number of amides is 1. The lowest BCUT2D eigenvalue weighted by molar-refractivity contribution is -0.137. The maximum Gasteiger partial charge on any atom is 0.416 e. The Labute approximate surface area is 150 Å². The molecule has 7 heteroatoms. The number of alkyl halides is 3. The Kier molecular flexibility index (Phi) is 6.89. The van der Waals surface area contributed by atoms with Crippen LogP contribution in [0.1, 0.15) is 25.3 Å². The minimum atomic E-state index is -4.45. The van der Waals surface area contributed by atoms with Gasteiger partial charge in [-0.3, -0.25) is 4.79 Å². The van der Waals surface area contributed by atoms with Crippen molar-refractivity contribution in [2.45, 2.75) is 25.9 Å². The van der Waals surface area contributed by atoms with E-state index in [1.807, 2.05) is 6.07 Å². The number of carbonyl (C=O) groups excluding carboxylic acids is 1. The first-order valence-corrected chi connectivity index (χ1v) is 8.33. The van der Waals surface area contributed by atoms with E-state index in [1.54, 1.807) is 18.2 Å². The number of benzene rings is 2. The molecule has 0 aliphatic heterocycles. The van der Waals surface area contributed by atoms with Gasteiger partial charge >= 0.3 is 6.18 Å². The first-order valence-electron chi connectivity index (χ1n) is 8.33. The van der Waals surface area contributed by atoms with Crippen molar-refractivity contribution in [3.63, 3.8) is 0 Å². The van der Waals surface area contributed by atoms with Crippen molar-refractivity contribution >= 4 is 17.3 Å². The molecule has 0 aliphatic rings. The summed E-state index contributed by atoms with van der Waals surface area (Å²) in [5, 5.41) is 5.40. The Morgan fingerprint density at radius 1 is 1.12 bits per heavy atom. The molecule has 0 spiro atoms. The highest BCUT2D eigenvalue weighted by atomic mass is 19.4. The maximum absolute atomic E-state index is 12.7. The molecule has 0 saturated heterocycles. The van der Waals surface area contributed by atoms with Crippen LogP contribution in [0.2, 0.25) is 0 Å². The zero-order valence-corrected chi connectivity index (χ0v) is 14.4. The molecule has 4 nitrogen and oxygen atoms in total. The van der Waals surface area contributed by atoms with Gasteiger partial charge in [0.05, 0.1) is 24.4 Å². The fourth-order valence-electron chi connectivity index (χ4n) is 2.22. The average molecular weight is 366 g/mol. The van der Waals surface area contributed by atoms with Crippen LogP contribution in [0.15, 0.2) is 48.5 Å². The van der Waals surface area contributed by atoms with E-state index in [-0.39, 0.29) is 12.2 Å². The van der Waals surface area contributed by atoms with Gasteiger partial charge in [0.1, 0.15) is 5.75 Å². The van der Waals surface area contributed by atoms with E-state index in [9.17, 15) is 18.0 Å². The van der Waals surface area contributed by atoms with Gasteiger partial charge in [-0.1, -0.05) is 31.5 Å². The molecule has 0 saturated carbocycles. The third-order valence-electron chi connectivity index (χ3n) is 3.56. The van der Waals surface area contributed by atoms with E-state index >= 15 is 0 Å². The topological polar surface area (TPSA) is 50.4 Å². The van der Waals surface area contributed by atoms with Crippen LogP contribution in [-0.4, -0.2) is 19.1 Å². The number of anilines is 2. The summed E-state index contributed by atoms with van der Waals surface area (Å²) in [4.78, 5) is 12.0. The molecule has 2 aromatic rings. The number of hydrogen-bond donors (Lipinski definition) is 2. The first kappa shape index (κ1) is 19.6. The van der Waals surface area contributed by atoms with Crippen LogP contribution in [-0.2, 0) is 11.0 Å². The van der Waals surface area contributed by atoms with Crippen molar-refractivity contribution in [2.24, 2.45) is 0 Å².